The number of hydrogen-bond acceptors (Lipinski definition) is 7. The third-order valence-corrected chi connectivity index (χ3v) is 8.54. The molecule has 35 heavy (non-hydrogen) atoms. The summed E-state index contributed by atoms with van der Waals surface area (Å²) in [7, 11) is 1.64. The maximum absolute atomic E-state index is 13.3. The normalized spacial score (nSPS) is 35.6. The average molecular weight is 507 g/mol. The predicted octanol–water partition coefficient (Wildman–Crippen LogP) is 4.35. The molecule has 1 aromatic rings. The van der Waals surface area contributed by atoms with Crippen LogP contribution in [0.15, 0.2) is 11.0 Å². The van der Waals surface area contributed by atoms with Gasteiger partial charge in [-0.2, -0.15) is 0 Å². The molecule has 0 aromatic carbocycles. The van der Waals surface area contributed by atoms with Crippen molar-refractivity contribution in [2.45, 2.75) is 104 Å². The molecule has 2 N–H and O–H groups in total. The summed E-state index contributed by atoms with van der Waals surface area (Å²) in [6, 6.07) is -0.788. The Bertz CT molecular complexity index is 957. The molecule has 0 saturated carbocycles. The molecule has 2 saturated heterocycles. The number of aliphatic hydroxyl groups excluding tert-OH is 1. The van der Waals surface area contributed by atoms with Gasteiger partial charge in [-0.1, -0.05) is 40.5 Å². The van der Waals surface area contributed by atoms with Gasteiger partial charge in [0, 0.05) is 30.2 Å². The van der Waals surface area contributed by atoms with Crippen LogP contribution in [0.4, 0.5) is 0 Å². The van der Waals surface area contributed by atoms with Gasteiger partial charge in [-0.15, -0.1) is 11.3 Å². The number of carbonyl (C=O) groups is 2. The van der Waals surface area contributed by atoms with E-state index in [0.29, 0.717) is 24.3 Å². The number of Topliss-reactive ketones (excluding diaryl/α,β-unsaturated/α-hetero) is 1. The first kappa shape index (κ1) is 28.0. The molecular weight excluding hydrogens is 464 g/mol. The minimum absolute atomic E-state index is 0.0730. The number of aryl methyl sites for hydroxylation is 1. The maximum Gasteiger partial charge on any atom is 0.222 e. The van der Waals surface area contributed by atoms with E-state index >= 15 is 0 Å². The molecule has 0 aliphatic carbocycles. The summed E-state index contributed by atoms with van der Waals surface area (Å²) in [6.45, 7) is 11.7. The van der Waals surface area contributed by atoms with Gasteiger partial charge in [0.1, 0.15) is 18.0 Å². The number of amides is 1. The quantitative estimate of drug-likeness (QED) is 0.578. The highest BCUT2D eigenvalue weighted by atomic mass is 32.1. The third-order valence-electron chi connectivity index (χ3n) is 7.75. The van der Waals surface area contributed by atoms with Crippen LogP contribution in [0.3, 0.4) is 0 Å². The number of aliphatic hydroxyl groups is 2. The highest BCUT2D eigenvalue weighted by molar-refractivity contribution is 7.09. The van der Waals surface area contributed by atoms with Crippen molar-refractivity contribution in [1.29, 1.82) is 0 Å². The lowest BCUT2D eigenvalue weighted by atomic mass is 9.75. The molecule has 3 rings (SSSR count). The number of rotatable bonds is 2. The Morgan fingerprint density at radius 3 is 2.60 bits per heavy atom. The monoisotopic (exact) mass is 506 g/mol. The molecule has 0 radical (unpaired) electrons. The van der Waals surface area contributed by atoms with Gasteiger partial charge >= 0.3 is 0 Å². The van der Waals surface area contributed by atoms with Crippen LogP contribution in [0.2, 0.25) is 0 Å². The minimum atomic E-state index is -1.69. The summed E-state index contributed by atoms with van der Waals surface area (Å²) in [5.74, 6) is -1.39. The van der Waals surface area contributed by atoms with Crippen LogP contribution in [0.1, 0.15) is 83.8 Å². The molecule has 1 amide bonds. The highest BCUT2D eigenvalue weighted by Gasteiger charge is 2.62. The molecule has 2 fully saturated rings. The first-order valence-electron chi connectivity index (χ1n) is 12.7. The second kappa shape index (κ2) is 10.8. The van der Waals surface area contributed by atoms with Crippen LogP contribution in [0.5, 0.6) is 0 Å². The van der Waals surface area contributed by atoms with Gasteiger partial charge in [-0.3, -0.25) is 9.59 Å². The average Bonchev–Trinajstić information content (AvgIpc) is 3.27. The van der Waals surface area contributed by atoms with Gasteiger partial charge in [-0.05, 0) is 50.7 Å². The molecular formula is C27H42N2O5S. The Hall–Kier alpha value is -1.61. The van der Waals surface area contributed by atoms with Gasteiger partial charge in [0.25, 0.3) is 0 Å². The minimum Gasteiger partial charge on any atom is -0.385 e. The van der Waals surface area contributed by atoms with E-state index < -0.39 is 29.5 Å². The van der Waals surface area contributed by atoms with Crippen molar-refractivity contribution in [2.75, 3.05) is 7.05 Å². The van der Waals surface area contributed by atoms with Gasteiger partial charge in [0.05, 0.1) is 16.7 Å². The number of fused-ring (bicyclic) bond motifs is 1. The number of ether oxygens (including phenoxy) is 1. The molecule has 1 aromatic heterocycles. The fraction of sp³-hybridized carbons (Fsp3) is 0.741. The van der Waals surface area contributed by atoms with Crippen molar-refractivity contribution >= 4 is 29.1 Å². The van der Waals surface area contributed by atoms with Crippen molar-refractivity contribution in [3.05, 3.63) is 21.7 Å². The summed E-state index contributed by atoms with van der Waals surface area (Å²) >= 11 is 1.53. The zero-order valence-electron chi connectivity index (χ0n) is 22.2. The second-order valence-electron chi connectivity index (χ2n) is 11.4. The summed E-state index contributed by atoms with van der Waals surface area (Å²) in [6.07, 6.45) is 3.83. The van der Waals surface area contributed by atoms with Crippen molar-refractivity contribution in [3.8, 4) is 0 Å². The van der Waals surface area contributed by atoms with Gasteiger partial charge in [-0.25, -0.2) is 4.98 Å². The Labute approximate surface area is 213 Å². The number of nitrogens with zero attached hydrogens (tertiary/aromatic N) is 2. The van der Waals surface area contributed by atoms with Crippen molar-refractivity contribution in [2.24, 2.45) is 17.3 Å². The fourth-order valence-electron chi connectivity index (χ4n) is 5.50. The van der Waals surface area contributed by atoms with Crippen LogP contribution >= 0.6 is 11.3 Å². The molecule has 6 unspecified atom stereocenters. The van der Waals surface area contributed by atoms with Gasteiger partial charge < -0.3 is 19.8 Å². The molecule has 6 atom stereocenters. The SMILES string of the molecule is CC(=Cc1csc(C)n1)C1C(O)C2(O)OC2CCCC(C)CC(C)C(=O)C(C)(C)CCC(=O)N1C. The zero-order chi connectivity index (χ0) is 26.1. The third kappa shape index (κ3) is 6.40. The Kier molecular flexibility index (Phi) is 8.62. The molecule has 8 heteroatoms. The van der Waals surface area contributed by atoms with E-state index in [4.69, 9.17) is 4.74 Å². The number of hydrogen-bond donors (Lipinski definition) is 2. The maximum atomic E-state index is 13.3. The van der Waals surface area contributed by atoms with Crippen molar-refractivity contribution in [3.63, 3.8) is 0 Å². The number of ketones is 1. The Morgan fingerprint density at radius 1 is 1.29 bits per heavy atom. The van der Waals surface area contributed by atoms with Crippen LogP contribution in [0.25, 0.3) is 6.08 Å². The van der Waals surface area contributed by atoms with E-state index in [9.17, 15) is 19.8 Å². The molecule has 196 valence electrons. The highest BCUT2D eigenvalue weighted by Crippen LogP contribution is 2.44. The van der Waals surface area contributed by atoms with Crippen LogP contribution in [0, 0.1) is 24.2 Å². The zero-order valence-corrected chi connectivity index (χ0v) is 23.0. The van der Waals surface area contributed by atoms with Crippen molar-refractivity contribution in [1.82, 2.24) is 9.88 Å². The molecule has 7 nitrogen and oxygen atoms in total. The number of epoxide rings is 1. The number of carbonyl (C=O) groups excluding carboxylic acids is 2. The van der Waals surface area contributed by atoms with E-state index in [1.807, 2.05) is 46.1 Å². The smallest absolute Gasteiger partial charge is 0.222 e. The van der Waals surface area contributed by atoms with E-state index in [0.717, 1.165) is 30.0 Å². The summed E-state index contributed by atoms with van der Waals surface area (Å²) in [5, 5.41) is 25.3. The molecule has 0 spiro atoms. The van der Waals surface area contributed by atoms with Crippen LogP contribution in [-0.2, 0) is 14.3 Å². The van der Waals surface area contributed by atoms with Gasteiger partial charge in [0.15, 0.2) is 0 Å². The lowest BCUT2D eigenvalue weighted by Gasteiger charge is -2.35. The van der Waals surface area contributed by atoms with Crippen LogP contribution < -0.4 is 0 Å². The lowest BCUT2D eigenvalue weighted by Crippen LogP contribution is -2.52. The summed E-state index contributed by atoms with van der Waals surface area (Å²) in [5.41, 5.74) is 0.840. The van der Waals surface area contributed by atoms with E-state index in [2.05, 4.69) is 11.9 Å². The van der Waals surface area contributed by atoms with Gasteiger partial charge in [0.2, 0.25) is 11.7 Å². The van der Waals surface area contributed by atoms with E-state index in [1.54, 1.807) is 7.05 Å². The standard InChI is InChI=1S/C27H42N2O5S/c1-16-9-8-10-21-27(33,34-21)25(32)23(17(2)14-20-15-35-19(4)28-20)29(7)22(30)11-12-26(5,6)24(31)18(3)13-16/h14-16,18,21,23,25,32-33H,8-13H2,1-7H3. The Morgan fingerprint density at radius 2 is 1.97 bits per heavy atom. The topological polar surface area (TPSA) is 103 Å². The lowest BCUT2D eigenvalue weighted by molar-refractivity contribution is -0.141. The summed E-state index contributed by atoms with van der Waals surface area (Å²) < 4.78 is 5.64. The Balaban J connectivity index is 1.91. The van der Waals surface area contributed by atoms with Crippen molar-refractivity contribution < 1.29 is 24.5 Å². The van der Waals surface area contributed by atoms with E-state index in [-0.39, 0.29) is 24.0 Å². The fourth-order valence-corrected chi connectivity index (χ4v) is 6.07. The number of likely N-dealkylation sites (N-methyl/N-ethyl adjacent to an activating group) is 1. The first-order valence-corrected chi connectivity index (χ1v) is 13.6. The molecule has 2 aliphatic heterocycles. The number of aromatic nitrogens is 1. The predicted molar refractivity (Wildman–Crippen MR) is 138 cm³/mol. The van der Waals surface area contributed by atoms with Crippen LogP contribution in [-0.4, -0.2) is 62.9 Å². The molecule has 0 bridgehead atoms. The first-order chi connectivity index (χ1) is 16.3. The molecule has 2 aliphatic rings. The van der Waals surface area contributed by atoms with E-state index in [1.165, 1.54) is 16.2 Å². The largest absolute Gasteiger partial charge is 0.385 e. The summed E-state index contributed by atoms with van der Waals surface area (Å²) in [4.78, 5) is 32.5. The molecule has 3 heterocycles. The second-order valence-corrected chi connectivity index (χ2v) is 12.4. The number of thiazole rings is 1.